The smallest absolute Gasteiger partial charge is 0.306 e. The van der Waals surface area contributed by atoms with Gasteiger partial charge in [0.05, 0.1) is 17.5 Å². The van der Waals surface area contributed by atoms with Crippen LogP contribution < -0.4 is 4.90 Å². The molecule has 14 heteroatoms. The number of aromatic nitrogens is 3. The Bertz CT molecular complexity index is 1890. The van der Waals surface area contributed by atoms with Crippen molar-refractivity contribution in [2.24, 2.45) is 11.8 Å². The van der Waals surface area contributed by atoms with E-state index in [2.05, 4.69) is 35.6 Å². The highest BCUT2D eigenvalue weighted by molar-refractivity contribution is 5.95. The van der Waals surface area contributed by atoms with Gasteiger partial charge in [0, 0.05) is 52.0 Å². The largest absolute Gasteiger partial charge is 0.462 e. The zero-order valence-corrected chi connectivity index (χ0v) is 47.8. The number of esters is 3. The molecule has 1 amide bonds. The lowest BCUT2D eigenvalue weighted by atomic mass is 9.92. The van der Waals surface area contributed by atoms with E-state index in [4.69, 9.17) is 19.5 Å². The quantitative estimate of drug-likeness (QED) is 0.0349. The summed E-state index contributed by atoms with van der Waals surface area (Å²) in [6, 6.07) is 3.83. The minimum absolute atomic E-state index is 0.00863. The third-order valence-electron chi connectivity index (χ3n) is 15.3. The van der Waals surface area contributed by atoms with Crippen molar-refractivity contribution in [2.75, 3.05) is 38.3 Å². The number of likely N-dealkylation sites (tertiary alicyclic amines) is 1. The van der Waals surface area contributed by atoms with Crippen LogP contribution >= 0.6 is 0 Å². The lowest BCUT2D eigenvalue weighted by Crippen LogP contribution is -2.52. The number of fused-ring (bicyclic) bond motifs is 1. The molecule has 1 aliphatic rings. The van der Waals surface area contributed by atoms with Gasteiger partial charge in [0.2, 0.25) is 11.8 Å². The Hall–Kier alpha value is -4.54. The molecule has 2 aromatic rings. The predicted molar refractivity (Wildman–Crippen MR) is 300 cm³/mol. The number of carbonyl (C=O) groups excluding carboxylic acids is 5. The van der Waals surface area contributed by atoms with E-state index in [1.165, 1.54) is 135 Å². The average Bonchev–Trinajstić information content (AvgIpc) is 3.84. The van der Waals surface area contributed by atoms with Crippen LogP contribution in [0.5, 0.6) is 0 Å². The Morgan fingerprint density at radius 1 is 0.667 bits per heavy atom. The van der Waals surface area contributed by atoms with Gasteiger partial charge in [-0.1, -0.05) is 201 Å². The first-order valence-corrected chi connectivity index (χ1v) is 30.2. The molecular weight excluding hydrogens is 945 g/mol. The first-order valence-electron chi connectivity index (χ1n) is 30.2. The van der Waals surface area contributed by atoms with Gasteiger partial charge in [0.25, 0.3) is 0 Å². The Balaban J connectivity index is 1.39. The molecule has 3 atom stereocenters. The number of piperidine rings is 1. The van der Waals surface area contributed by atoms with Crippen molar-refractivity contribution in [1.82, 2.24) is 19.4 Å². The number of nitrogens with zero attached hydrogens (tertiary/aromatic N) is 6. The van der Waals surface area contributed by atoms with E-state index < -0.39 is 12.1 Å². The van der Waals surface area contributed by atoms with Crippen LogP contribution in [0.1, 0.15) is 264 Å². The summed E-state index contributed by atoms with van der Waals surface area (Å²) in [6.45, 7) is 9.49. The van der Waals surface area contributed by atoms with Crippen LogP contribution in [-0.2, 0) is 33.4 Å². The lowest BCUT2D eigenvalue weighted by Gasteiger charge is -2.42. The van der Waals surface area contributed by atoms with Gasteiger partial charge in [-0.05, 0) is 43.6 Å². The van der Waals surface area contributed by atoms with Crippen LogP contribution in [0.2, 0.25) is 0 Å². The van der Waals surface area contributed by atoms with Gasteiger partial charge < -0.3 is 24.0 Å². The first kappa shape index (κ1) is 64.7. The van der Waals surface area contributed by atoms with Crippen molar-refractivity contribution < 1.29 is 38.2 Å². The SMILES string of the molecule is CCCCCCCCCCCCCCCC(=O)OCC(COC(=O)CCCCCCCCCCCCCCC)OC(=O)CC(C)CCCCCC(=O)n1ccc2c(N(C)[C@H]3CN(C(=O)CC#N)CC[C@H]3C)ncnc21. The zero-order valence-electron chi connectivity index (χ0n) is 47.8. The highest BCUT2D eigenvalue weighted by atomic mass is 16.6. The van der Waals surface area contributed by atoms with E-state index in [-0.39, 0.29) is 61.8 Å². The second kappa shape index (κ2) is 40.7. The van der Waals surface area contributed by atoms with E-state index >= 15 is 0 Å². The summed E-state index contributed by atoms with van der Waals surface area (Å²) >= 11 is 0. The van der Waals surface area contributed by atoms with Gasteiger partial charge in [-0.2, -0.15) is 5.26 Å². The van der Waals surface area contributed by atoms with Gasteiger partial charge in [0.1, 0.15) is 31.8 Å². The fourth-order valence-corrected chi connectivity index (χ4v) is 10.4. The molecule has 2 aromatic heterocycles. The fraction of sp³-hybridized carbons (Fsp3) is 0.803. The topological polar surface area (TPSA) is 174 Å². The van der Waals surface area contributed by atoms with Crippen LogP contribution in [-0.4, -0.2) is 94.7 Å². The Labute approximate surface area is 453 Å². The number of amides is 1. The summed E-state index contributed by atoms with van der Waals surface area (Å²) in [6.07, 6.45) is 39.1. The summed E-state index contributed by atoms with van der Waals surface area (Å²) in [7, 11) is 1.96. The summed E-state index contributed by atoms with van der Waals surface area (Å²) in [5.41, 5.74) is 0.539. The van der Waals surface area contributed by atoms with Crippen molar-refractivity contribution in [3.8, 4) is 6.07 Å². The maximum Gasteiger partial charge on any atom is 0.306 e. The molecule has 0 radical (unpaired) electrons. The highest BCUT2D eigenvalue weighted by Gasteiger charge is 2.33. The number of rotatable bonds is 44. The Morgan fingerprint density at radius 2 is 1.15 bits per heavy atom. The third-order valence-corrected chi connectivity index (χ3v) is 15.3. The summed E-state index contributed by atoms with van der Waals surface area (Å²) in [5, 5.41) is 9.82. The van der Waals surface area contributed by atoms with Crippen LogP contribution in [0.25, 0.3) is 11.0 Å². The molecule has 1 saturated heterocycles. The molecule has 0 saturated carbocycles. The van der Waals surface area contributed by atoms with Gasteiger partial charge in [0.15, 0.2) is 11.8 Å². The highest BCUT2D eigenvalue weighted by Crippen LogP contribution is 2.30. The molecule has 14 nitrogen and oxygen atoms in total. The summed E-state index contributed by atoms with van der Waals surface area (Å²) in [5.74, 6) is -0.292. The van der Waals surface area contributed by atoms with E-state index in [1.807, 2.05) is 26.1 Å². The number of ether oxygens (including phenoxy) is 3. The molecule has 1 fully saturated rings. The Morgan fingerprint density at radius 3 is 1.65 bits per heavy atom. The lowest BCUT2D eigenvalue weighted by molar-refractivity contribution is -0.167. The van der Waals surface area contributed by atoms with E-state index in [9.17, 15) is 24.0 Å². The van der Waals surface area contributed by atoms with Gasteiger partial charge in [-0.3, -0.25) is 28.5 Å². The normalized spacial score (nSPS) is 15.0. The second-order valence-electron chi connectivity index (χ2n) is 22.0. The maximum atomic E-state index is 13.5. The van der Waals surface area contributed by atoms with Crippen molar-refractivity contribution in [2.45, 2.75) is 271 Å². The molecule has 0 aliphatic carbocycles. The van der Waals surface area contributed by atoms with Crippen molar-refractivity contribution >= 4 is 46.6 Å². The number of likely N-dealkylation sites (N-methyl/N-ethyl adjacent to an activating group) is 1. The van der Waals surface area contributed by atoms with Crippen molar-refractivity contribution in [3.05, 3.63) is 18.6 Å². The fourth-order valence-electron chi connectivity index (χ4n) is 10.4. The molecule has 1 unspecified atom stereocenters. The van der Waals surface area contributed by atoms with Crippen molar-refractivity contribution in [3.63, 3.8) is 0 Å². The predicted octanol–water partition coefficient (Wildman–Crippen LogP) is 14.6. The number of hydrogen-bond donors (Lipinski definition) is 0. The third kappa shape index (κ3) is 27.9. The first-order chi connectivity index (χ1) is 36.5. The minimum atomic E-state index is -0.875. The van der Waals surface area contributed by atoms with E-state index in [0.717, 1.165) is 69.6 Å². The molecule has 0 bridgehead atoms. The van der Waals surface area contributed by atoms with Crippen LogP contribution in [0, 0.1) is 23.2 Å². The Kier molecular flexibility index (Phi) is 35.1. The molecule has 0 aromatic carbocycles. The average molecular weight is 1050 g/mol. The zero-order chi connectivity index (χ0) is 54.3. The molecule has 1 aliphatic heterocycles. The van der Waals surface area contributed by atoms with Gasteiger partial charge in [-0.25, -0.2) is 9.97 Å². The molecule has 3 rings (SSSR count). The number of nitriles is 1. The molecule has 424 valence electrons. The minimum Gasteiger partial charge on any atom is -0.462 e. The monoisotopic (exact) mass is 1050 g/mol. The van der Waals surface area contributed by atoms with Crippen LogP contribution in [0.3, 0.4) is 0 Å². The standard InChI is InChI=1S/C61H102N6O8/c1-6-8-10-12-14-16-18-20-22-24-26-28-33-37-57(70)73-47-52(48-74-58(71)38-34-29-27-25-23-21-19-17-15-13-11-9-7-2)75-59(72)45-50(3)35-31-30-32-36-56(69)67-44-41-53-60(63-49-64-61(53)67)65(5)54-46-66(43-40-51(54)4)55(68)39-42-62/h41,44,49-52,54H,6-40,43,45-48H2,1-5H3/t50?,51-,54+/m1/s1. The number of hydrogen-bond acceptors (Lipinski definition) is 12. The molecule has 75 heavy (non-hydrogen) atoms. The summed E-state index contributed by atoms with van der Waals surface area (Å²) in [4.78, 5) is 77.7. The molecule has 3 heterocycles. The van der Waals surface area contributed by atoms with Crippen molar-refractivity contribution in [1.29, 1.82) is 5.26 Å². The second-order valence-corrected chi connectivity index (χ2v) is 22.0. The van der Waals surface area contributed by atoms with Gasteiger partial charge >= 0.3 is 17.9 Å². The molecule has 0 N–H and O–H groups in total. The number of carbonyl (C=O) groups is 5. The van der Waals surface area contributed by atoms with Crippen LogP contribution in [0.15, 0.2) is 18.6 Å². The van der Waals surface area contributed by atoms with Gasteiger partial charge in [-0.15, -0.1) is 0 Å². The molecular formula is C61H102N6O8. The number of anilines is 1. The van der Waals surface area contributed by atoms with E-state index in [1.54, 1.807) is 15.7 Å². The van der Waals surface area contributed by atoms with E-state index in [0.29, 0.717) is 56.2 Å². The van der Waals surface area contributed by atoms with Crippen LogP contribution in [0.4, 0.5) is 5.82 Å². The maximum absolute atomic E-state index is 13.5. The molecule has 0 spiro atoms. The summed E-state index contributed by atoms with van der Waals surface area (Å²) < 4.78 is 18.6. The number of unbranched alkanes of at least 4 members (excludes halogenated alkanes) is 26.